The number of rotatable bonds is 10. The first-order valence-electron chi connectivity index (χ1n) is 8.82. The molecule has 11 heteroatoms. The lowest BCUT2D eigenvalue weighted by Gasteiger charge is -2.22. The summed E-state index contributed by atoms with van der Waals surface area (Å²) in [6.07, 6.45) is 1.68. The van der Waals surface area contributed by atoms with Gasteiger partial charge in [-0.1, -0.05) is 13.0 Å². The molecule has 0 saturated heterocycles. The van der Waals surface area contributed by atoms with Gasteiger partial charge in [-0.15, -0.1) is 0 Å². The molecular formula is C17H24N4O5S2. The van der Waals surface area contributed by atoms with Crippen molar-refractivity contribution in [2.45, 2.75) is 38.5 Å². The van der Waals surface area contributed by atoms with Gasteiger partial charge in [-0.25, -0.2) is 9.17 Å². The summed E-state index contributed by atoms with van der Waals surface area (Å²) in [5, 5.41) is 0. The van der Waals surface area contributed by atoms with E-state index in [0.29, 0.717) is 23.2 Å². The predicted molar refractivity (Wildman–Crippen MR) is 106 cm³/mol. The number of nitrogens with zero attached hydrogens (tertiary/aromatic N) is 4. The smallest absolute Gasteiger partial charge is 0.311 e. The summed E-state index contributed by atoms with van der Waals surface area (Å²) in [6, 6.07) is 7.04. The Kier molecular flexibility index (Phi) is 7.98. The van der Waals surface area contributed by atoms with Crippen LogP contribution in [0.25, 0.3) is 0 Å². The van der Waals surface area contributed by atoms with Crippen LogP contribution in [0.5, 0.6) is 0 Å². The molecule has 0 radical (unpaired) electrons. The molecule has 1 aromatic carbocycles. The quantitative estimate of drug-likeness (QED) is 0.567. The second kappa shape index (κ2) is 10.0. The minimum Gasteiger partial charge on any atom is -0.311 e. The molecule has 1 heterocycles. The highest BCUT2D eigenvalue weighted by molar-refractivity contribution is 7.85. The van der Waals surface area contributed by atoms with E-state index in [1.54, 1.807) is 18.2 Å². The van der Waals surface area contributed by atoms with Crippen LogP contribution in [0.3, 0.4) is 0 Å². The fraction of sp³-hybridized carbons (Fsp3) is 0.471. The molecule has 0 saturated carbocycles. The predicted octanol–water partition coefficient (Wildman–Crippen LogP) is 2.22. The third kappa shape index (κ3) is 6.59. The van der Waals surface area contributed by atoms with Crippen LogP contribution in [0.4, 0.5) is 11.6 Å². The van der Waals surface area contributed by atoms with Gasteiger partial charge in [0.1, 0.15) is 11.6 Å². The largest absolute Gasteiger partial charge is 0.397 e. The van der Waals surface area contributed by atoms with Crippen LogP contribution < -0.4 is 4.90 Å². The minimum absolute atomic E-state index is 0.0686. The molecule has 1 N–H and O–H groups in total. The monoisotopic (exact) mass is 428 g/mol. The Morgan fingerprint density at radius 3 is 2.61 bits per heavy atom. The molecule has 9 nitrogen and oxygen atoms in total. The van der Waals surface area contributed by atoms with Crippen molar-refractivity contribution in [3.8, 4) is 0 Å². The second-order valence-corrected chi connectivity index (χ2v) is 8.55. The van der Waals surface area contributed by atoms with Crippen LogP contribution in [0.1, 0.15) is 31.9 Å². The van der Waals surface area contributed by atoms with Crippen molar-refractivity contribution in [1.29, 1.82) is 0 Å². The molecule has 0 bridgehead atoms. The lowest BCUT2D eigenvalue weighted by molar-refractivity contribution is 0.284. The summed E-state index contributed by atoms with van der Waals surface area (Å²) in [4.78, 5) is 15.7. The van der Waals surface area contributed by atoms with Gasteiger partial charge in [0.25, 0.3) is 0 Å². The third-order valence-corrected chi connectivity index (χ3v) is 5.49. The van der Waals surface area contributed by atoms with Gasteiger partial charge in [0.05, 0.1) is 23.2 Å². The number of hydrogen-bond acceptors (Lipinski definition) is 8. The molecular weight excluding hydrogens is 404 g/mol. The average molecular weight is 429 g/mol. The Morgan fingerprint density at radius 2 is 1.96 bits per heavy atom. The Balaban J connectivity index is 2.24. The van der Waals surface area contributed by atoms with E-state index in [9.17, 15) is 12.6 Å². The Hall–Kier alpha value is -1.95. The standard InChI is InChI=1S/C17H24N4O5S2/c1-4-7-16-18-13(3)19-17(20-16)21(5-2)14-8-6-9-15(12-14)27(22)11-10-26-28(23,24)25/h6,8-9,12H,4-5,7,10-11H2,1-3H3,(H,23,24,25). The third-order valence-electron chi connectivity index (χ3n) is 3.71. The van der Waals surface area contributed by atoms with Crippen molar-refractivity contribution in [2.75, 3.05) is 23.8 Å². The van der Waals surface area contributed by atoms with Gasteiger partial charge in [0.15, 0.2) is 0 Å². The normalized spacial score (nSPS) is 12.7. The first kappa shape index (κ1) is 22.3. The zero-order valence-corrected chi connectivity index (χ0v) is 17.7. The maximum atomic E-state index is 12.4. The maximum Gasteiger partial charge on any atom is 0.397 e. The molecule has 1 aromatic heterocycles. The van der Waals surface area contributed by atoms with Crippen LogP contribution in [0.15, 0.2) is 29.2 Å². The summed E-state index contributed by atoms with van der Waals surface area (Å²) in [5.74, 6) is 1.82. The lowest BCUT2D eigenvalue weighted by atomic mass is 10.3. The number of aromatic nitrogens is 3. The fourth-order valence-electron chi connectivity index (χ4n) is 2.54. The van der Waals surface area contributed by atoms with Crippen LogP contribution in [0, 0.1) is 6.92 Å². The average Bonchev–Trinajstić information content (AvgIpc) is 2.61. The maximum absolute atomic E-state index is 12.4. The molecule has 0 spiro atoms. The van der Waals surface area contributed by atoms with Crippen molar-refractivity contribution in [2.24, 2.45) is 0 Å². The van der Waals surface area contributed by atoms with Crippen molar-refractivity contribution in [3.63, 3.8) is 0 Å². The molecule has 1 unspecified atom stereocenters. The zero-order chi connectivity index (χ0) is 20.7. The summed E-state index contributed by atoms with van der Waals surface area (Å²) < 4.78 is 46.4. The summed E-state index contributed by atoms with van der Waals surface area (Å²) in [7, 11) is -6.04. The number of aryl methyl sites for hydroxylation is 2. The van der Waals surface area contributed by atoms with Gasteiger partial charge in [0.2, 0.25) is 5.95 Å². The first-order valence-corrected chi connectivity index (χ1v) is 11.5. The Morgan fingerprint density at radius 1 is 1.21 bits per heavy atom. The van der Waals surface area contributed by atoms with Crippen molar-refractivity contribution >= 4 is 32.8 Å². The van der Waals surface area contributed by atoms with Crippen molar-refractivity contribution < 1.29 is 21.4 Å². The van der Waals surface area contributed by atoms with Crippen LogP contribution in [-0.2, 0) is 31.8 Å². The van der Waals surface area contributed by atoms with Gasteiger partial charge in [-0.05, 0) is 38.5 Å². The van der Waals surface area contributed by atoms with Gasteiger partial charge < -0.3 is 4.90 Å². The molecule has 1 atom stereocenters. The molecule has 0 aliphatic rings. The van der Waals surface area contributed by atoms with E-state index in [-0.39, 0.29) is 12.4 Å². The van der Waals surface area contributed by atoms with Crippen LogP contribution >= 0.6 is 0 Å². The highest BCUT2D eigenvalue weighted by Gasteiger charge is 2.15. The molecule has 154 valence electrons. The number of benzene rings is 1. The summed E-state index contributed by atoms with van der Waals surface area (Å²) in [6.45, 7) is 6.05. The molecule has 2 aromatic rings. The van der Waals surface area contributed by atoms with E-state index in [1.165, 1.54) is 0 Å². The van der Waals surface area contributed by atoms with E-state index in [4.69, 9.17) is 4.55 Å². The molecule has 0 amide bonds. The SMILES string of the molecule is CCCc1nc(C)nc(N(CC)c2cccc(S(=O)CCOS(=O)(=O)O)c2)n1. The molecule has 0 aliphatic heterocycles. The van der Waals surface area contributed by atoms with Gasteiger partial charge in [-0.3, -0.25) is 8.76 Å². The molecule has 0 fully saturated rings. The molecule has 28 heavy (non-hydrogen) atoms. The highest BCUT2D eigenvalue weighted by Crippen LogP contribution is 2.24. The lowest BCUT2D eigenvalue weighted by Crippen LogP contribution is -2.21. The topological polar surface area (TPSA) is 123 Å². The summed E-state index contributed by atoms with van der Waals surface area (Å²) >= 11 is 0. The van der Waals surface area contributed by atoms with E-state index >= 15 is 0 Å². The zero-order valence-electron chi connectivity index (χ0n) is 16.0. The first-order chi connectivity index (χ1) is 13.2. The fourth-order valence-corrected chi connectivity index (χ4v) is 3.90. The van der Waals surface area contributed by atoms with Crippen molar-refractivity contribution in [3.05, 3.63) is 35.9 Å². The van der Waals surface area contributed by atoms with E-state index < -0.39 is 21.2 Å². The molecule has 2 rings (SSSR count). The number of hydrogen-bond donors (Lipinski definition) is 1. The van der Waals surface area contributed by atoms with Gasteiger partial charge >= 0.3 is 10.4 Å². The second-order valence-electron chi connectivity index (χ2n) is 5.89. The summed E-state index contributed by atoms with van der Waals surface area (Å²) in [5.41, 5.74) is 0.761. The van der Waals surface area contributed by atoms with Gasteiger partial charge in [-0.2, -0.15) is 18.4 Å². The Bertz CT molecular complexity index is 937. The van der Waals surface area contributed by atoms with E-state index in [2.05, 4.69) is 26.1 Å². The molecule has 0 aliphatic carbocycles. The van der Waals surface area contributed by atoms with Gasteiger partial charge in [0, 0.05) is 23.5 Å². The van der Waals surface area contributed by atoms with Crippen molar-refractivity contribution in [1.82, 2.24) is 15.0 Å². The number of anilines is 2. The van der Waals surface area contributed by atoms with Crippen LogP contribution in [-0.4, -0.2) is 51.0 Å². The van der Waals surface area contributed by atoms with E-state index in [0.717, 1.165) is 24.4 Å². The Labute approximate surface area is 167 Å². The van der Waals surface area contributed by atoms with E-state index in [1.807, 2.05) is 24.8 Å². The minimum atomic E-state index is -4.54. The van der Waals surface area contributed by atoms with Crippen LogP contribution in [0.2, 0.25) is 0 Å². The highest BCUT2D eigenvalue weighted by atomic mass is 32.3.